The van der Waals surface area contributed by atoms with Gasteiger partial charge in [0.15, 0.2) is 0 Å². The number of amides is 1. The first-order valence-electron chi connectivity index (χ1n) is 4.89. The summed E-state index contributed by atoms with van der Waals surface area (Å²) in [5, 5.41) is 8.66. The van der Waals surface area contributed by atoms with Crippen LogP contribution in [-0.2, 0) is 0 Å². The lowest BCUT2D eigenvalue weighted by molar-refractivity contribution is 0.0767. The predicted octanol–water partition coefficient (Wildman–Crippen LogP) is 1.44. The van der Waals surface area contributed by atoms with E-state index < -0.39 is 0 Å². The highest BCUT2D eigenvalue weighted by Gasteiger charge is 2.13. The van der Waals surface area contributed by atoms with Crippen molar-refractivity contribution in [1.29, 1.82) is 5.26 Å². The SMILES string of the molecule is CCN(CC)C(=O)c1cccc(C#N)n1. The quantitative estimate of drug-likeness (QED) is 0.746. The van der Waals surface area contributed by atoms with Gasteiger partial charge in [0.2, 0.25) is 0 Å². The summed E-state index contributed by atoms with van der Waals surface area (Å²) in [6, 6.07) is 6.79. The lowest BCUT2D eigenvalue weighted by Crippen LogP contribution is -2.31. The molecule has 0 atom stereocenters. The summed E-state index contributed by atoms with van der Waals surface area (Å²) >= 11 is 0. The Labute approximate surface area is 89.2 Å². The zero-order valence-electron chi connectivity index (χ0n) is 8.90. The smallest absolute Gasteiger partial charge is 0.272 e. The van der Waals surface area contributed by atoms with Crippen molar-refractivity contribution in [3.8, 4) is 6.07 Å². The van der Waals surface area contributed by atoms with E-state index in [0.717, 1.165) is 0 Å². The van der Waals surface area contributed by atoms with Crippen molar-refractivity contribution in [3.63, 3.8) is 0 Å². The van der Waals surface area contributed by atoms with E-state index in [2.05, 4.69) is 4.98 Å². The zero-order chi connectivity index (χ0) is 11.3. The Morgan fingerprint density at radius 1 is 1.47 bits per heavy atom. The number of nitriles is 1. The predicted molar refractivity (Wildman–Crippen MR) is 56.2 cm³/mol. The average molecular weight is 203 g/mol. The largest absolute Gasteiger partial charge is 0.338 e. The maximum atomic E-state index is 11.8. The molecule has 0 aromatic carbocycles. The summed E-state index contributed by atoms with van der Waals surface area (Å²) in [5.41, 5.74) is 0.603. The highest BCUT2D eigenvalue weighted by atomic mass is 16.2. The molecule has 0 aliphatic rings. The maximum Gasteiger partial charge on any atom is 0.272 e. The van der Waals surface area contributed by atoms with Gasteiger partial charge in [-0.15, -0.1) is 0 Å². The number of hydrogen-bond donors (Lipinski definition) is 0. The Kier molecular flexibility index (Phi) is 3.81. The maximum absolute atomic E-state index is 11.8. The summed E-state index contributed by atoms with van der Waals surface area (Å²) < 4.78 is 0. The Bertz CT molecular complexity index is 391. The topological polar surface area (TPSA) is 57.0 Å². The third kappa shape index (κ3) is 2.53. The first kappa shape index (κ1) is 11.2. The molecule has 0 saturated heterocycles. The van der Waals surface area contributed by atoms with Crippen LogP contribution in [0, 0.1) is 11.3 Å². The van der Waals surface area contributed by atoms with Crippen molar-refractivity contribution in [1.82, 2.24) is 9.88 Å². The molecule has 0 aliphatic carbocycles. The van der Waals surface area contributed by atoms with Crippen LogP contribution in [-0.4, -0.2) is 28.9 Å². The van der Waals surface area contributed by atoms with Gasteiger partial charge in [0, 0.05) is 13.1 Å². The van der Waals surface area contributed by atoms with Crippen molar-refractivity contribution < 1.29 is 4.79 Å². The van der Waals surface area contributed by atoms with E-state index in [-0.39, 0.29) is 11.6 Å². The van der Waals surface area contributed by atoms with Gasteiger partial charge in [0.25, 0.3) is 5.91 Å². The number of carbonyl (C=O) groups excluding carboxylic acids is 1. The normalized spacial score (nSPS) is 9.40. The third-order valence-corrected chi connectivity index (χ3v) is 2.13. The fourth-order valence-electron chi connectivity index (χ4n) is 1.29. The molecule has 4 nitrogen and oxygen atoms in total. The molecule has 0 spiro atoms. The van der Waals surface area contributed by atoms with Crippen molar-refractivity contribution >= 4 is 5.91 Å². The number of nitrogens with zero attached hydrogens (tertiary/aromatic N) is 3. The molecule has 78 valence electrons. The van der Waals surface area contributed by atoms with E-state index in [1.165, 1.54) is 0 Å². The average Bonchev–Trinajstić information content (AvgIpc) is 2.30. The summed E-state index contributed by atoms with van der Waals surface area (Å²) in [6.07, 6.45) is 0. The summed E-state index contributed by atoms with van der Waals surface area (Å²) in [6.45, 7) is 5.12. The van der Waals surface area contributed by atoms with Crippen molar-refractivity contribution in [2.45, 2.75) is 13.8 Å². The second kappa shape index (κ2) is 5.11. The van der Waals surface area contributed by atoms with Crippen LogP contribution in [0.1, 0.15) is 30.0 Å². The van der Waals surface area contributed by atoms with Crippen LogP contribution in [0.4, 0.5) is 0 Å². The minimum atomic E-state index is -0.128. The van der Waals surface area contributed by atoms with Crippen LogP contribution >= 0.6 is 0 Å². The van der Waals surface area contributed by atoms with Gasteiger partial charge in [-0.25, -0.2) is 4.98 Å². The molecule has 0 bridgehead atoms. The number of hydrogen-bond acceptors (Lipinski definition) is 3. The van der Waals surface area contributed by atoms with Crippen LogP contribution in [0.25, 0.3) is 0 Å². The van der Waals surface area contributed by atoms with Gasteiger partial charge in [-0.05, 0) is 26.0 Å². The van der Waals surface area contributed by atoms with Crippen molar-refractivity contribution in [2.75, 3.05) is 13.1 Å². The fraction of sp³-hybridized carbons (Fsp3) is 0.364. The summed E-state index contributed by atoms with van der Waals surface area (Å²) in [4.78, 5) is 17.5. The third-order valence-electron chi connectivity index (χ3n) is 2.13. The summed E-state index contributed by atoms with van der Waals surface area (Å²) in [5.74, 6) is -0.128. The highest BCUT2D eigenvalue weighted by molar-refractivity contribution is 5.92. The van der Waals surface area contributed by atoms with Gasteiger partial charge in [0.05, 0.1) is 0 Å². The Morgan fingerprint density at radius 3 is 2.67 bits per heavy atom. The van der Waals surface area contributed by atoms with E-state index >= 15 is 0 Å². The van der Waals surface area contributed by atoms with Crippen LogP contribution in [0.5, 0.6) is 0 Å². The van der Waals surface area contributed by atoms with Gasteiger partial charge >= 0.3 is 0 Å². The van der Waals surface area contributed by atoms with E-state index in [0.29, 0.717) is 18.8 Å². The molecule has 1 rings (SSSR count). The second-order valence-electron chi connectivity index (χ2n) is 3.00. The molecular weight excluding hydrogens is 190 g/mol. The molecule has 0 N–H and O–H groups in total. The minimum Gasteiger partial charge on any atom is -0.338 e. The van der Waals surface area contributed by atoms with Crippen LogP contribution in [0.15, 0.2) is 18.2 Å². The molecule has 0 fully saturated rings. The lowest BCUT2D eigenvalue weighted by atomic mass is 10.3. The van der Waals surface area contributed by atoms with Gasteiger partial charge in [0.1, 0.15) is 17.5 Å². The van der Waals surface area contributed by atoms with Gasteiger partial charge in [-0.1, -0.05) is 6.07 Å². The van der Waals surface area contributed by atoms with Gasteiger partial charge < -0.3 is 4.90 Å². The van der Waals surface area contributed by atoms with Gasteiger partial charge in [-0.2, -0.15) is 5.26 Å². The number of rotatable bonds is 3. The second-order valence-corrected chi connectivity index (χ2v) is 3.00. The molecule has 1 heterocycles. The molecule has 1 aromatic heterocycles. The Morgan fingerprint density at radius 2 is 2.13 bits per heavy atom. The number of pyridine rings is 1. The molecule has 0 aliphatic heterocycles. The molecule has 1 amide bonds. The standard InChI is InChI=1S/C11H13N3O/c1-3-14(4-2)11(15)10-7-5-6-9(8-12)13-10/h5-7H,3-4H2,1-2H3. The molecule has 1 aromatic rings. The summed E-state index contributed by atoms with van der Waals surface area (Å²) in [7, 11) is 0. The first-order valence-corrected chi connectivity index (χ1v) is 4.89. The lowest BCUT2D eigenvalue weighted by Gasteiger charge is -2.17. The van der Waals surface area contributed by atoms with Crippen LogP contribution in [0.3, 0.4) is 0 Å². The van der Waals surface area contributed by atoms with E-state index in [1.807, 2.05) is 19.9 Å². The highest BCUT2D eigenvalue weighted by Crippen LogP contribution is 2.03. The monoisotopic (exact) mass is 203 g/mol. The molecule has 0 saturated carbocycles. The van der Waals surface area contributed by atoms with Crippen LogP contribution in [0.2, 0.25) is 0 Å². The number of aromatic nitrogens is 1. The van der Waals surface area contributed by atoms with Crippen LogP contribution < -0.4 is 0 Å². The fourth-order valence-corrected chi connectivity index (χ4v) is 1.29. The zero-order valence-corrected chi connectivity index (χ0v) is 8.90. The molecule has 4 heteroatoms. The van der Waals surface area contributed by atoms with E-state index in [1.54, 1.807) is 23.1 Å². The first-order chi connectivity index (χ1) is 7.22. The molecule has 15 heavy (non-hydrogen) atoms. The van der Waals surface area contributed by atoms with E-state index in [4.69, 9.17) is 5.26 Å². The Hall–Kier alpha value is -1.89. The molecule has 0 unspecified atom stereocenters. The van der Waals surface area contributed by atoms with Gasteiger partial charge in [-0.3, -0.25) is 4.79 Å². The van der Waals surface area contributed by atoms with Crippen molar-refractivity contribution in [3.05, 3.63) is 29.6 Å². The van der Waals surface area contributed by atoms with Crippen molar-refractivity contribution in [2.24, 2.45) is 0 Å². The van der Waals surface area contributed by atoms with E-state index in [9.17, 15) is 4.79 Å². The molecule has 0 radical (unpaired) electrons. The Balaban J connectivity index is 2.96. The number of carbonyl (C=O) groups is 1. The minimum absolute atomic E-state index is 0.128. The molecular formula is C11H13N3O.